The summed E-state index contributed by atoms with van der Waals surface area (Å²) >= 11 is 0. The van der Waals surface area contributed by atoms with Crippen molar-refractivity contribution < 1.29 is 19.0 Å². The van der Waals surface area contributed by atoms with E-state index in [-0.39, 0.29) is 6.04 Å². The Labute approximate surface area is 174 Å². The SMILES string of the molecule is COc1cccc([C@H]2OC(=O)N[C@@H]2c2cccc(C#Cc3cccnc3OC)c2)c1. The number of carbonyl (C=O) groups excluding carboxylic acids is 1. The molecule has 1 amide bonds. The third-order valence-corrected chi connectivity index (χ3v) is 4.78. The number of alkyl carbamates (subject to hydrolysis) is 1. The lowest BCUT2D eigenvalue weighted by Crippen LogP contribution is -2.19. The molecule has 2 heterocycles. The molecule has 0 radical (unpaired) electrons. The number of cyclic esters (lactones) is 1. The van der Waals surface area contributed by atoms with Crippen molar-refractivity contribution in [3.8, 4) is 23.5 Å². The first kappa shape index (κ1) is 19.3. The Morgan fingerprint density at radius 3 is 2.63 bits per heavy atom. The lowest BCUT2D eigenvalue weighted by Gasteiger charge is -2.18. The van der Waals surface area contributed by atoms with Gasteiger partial charge in [0.25, 0.3) is 0 Å². The molecule has 1 aliphatic heterocycles. The largest absolute Gasteiger partial charge is 0.497 e. The minimum Gasteiger partial charge on any atom is -0.497 e. The minimum absolute atomic E-state index is 0.334. The number of amides is 1. The fraction of sp³-hybridized carbons (Fsp3) is 0.167. The van der Waals surface area contributed by atoms with Gasteiger partial charge < -0.3 is 19.5 Å². The van der Waals surface area contributed by atoms with Crippen LogP contribution in [0.4, 0.5) is 4.79 Å². The number of hydrogen-bond donors (Lipinski definition) is 1. The second kappa shape index (κ2) is 8.58. The first-order valence-corrected chi connectivity index (χ1v) is 9.40. The second-order valence-electron chi connectivity index (χ2n) is 6.66. The molecule has 1 fully saturated rings. The molecule has 1 aromatic heterocycles. The molecule has 150 valence electrons. The van der Waals surface area contributed by atoms with Gasteiger partial charge in [0.2, 0.25) is 5.88 Å². The van der Waals surface area contributed by atoms with E-state index < -0.39 is 12.2 Å². The molecule has 0 spiro atoms. The van der Waals surface area contributed by atoms with Gasteiger partial charge in [-0.25, -0.2) is 9.78 Å². The van der Waals surface area contributed by atoms with Crippen molar-refractivity contribution in [2.24, 2.45) is 0 Å². The molecule has 0 aliphatic carbocycles. The van der Waals surface area contributed by atoms with E-state index in [1.165, 1.54) is 0 Å². The first-order valence-electron chi connectivity index (χ1n) is 9.40. The van der Waals surface area contributed by atoms with Crippen LogP contribution in [-0.4, -0.2) is 25.3 Å². The number of aromatic nitrogens is 1. The molecule has 1 N–H and O–H groups in total. The average Bonchev–Trinajstić information content (AvgIpc) is 3.20. The van der Waals surface area contributed by atoms with Crippen molar-refractivity contribution in [1.29, 1.82) is 0 Å². The quantitative estimate of drug-likeness (QED) is 0.670. The highest BCUT2D eigenvalue weighted by molar-refractivity contribution is 5.71. The van der Waals surface area contributed by atoms with Gasteiger partial charge in [0.05, 0.1) is 25.8 Å². The molecular formula is C24H20N2O4. The summed E-state index contributed by atoms with van der Waals surface area (Å²) in [7, 11) is 3.17. The van der Waals surface area contributed by atoms with Gasteiger partial charge in [-0.05, 0) is 47.5 Å². The van der Waals surface area contributed by atoms with Gasteiger partial charge >= 0.3 is 6.09 Å². The van der Waals surface area contributed by atoms with Gasteiger partial charge in [0.1, 0.15) is 5.75 Å². The summed E-state index contributed by atoms with van der Waals surface area (Å²) in [6, 6.07) is 18.6. The highest BCUT2D eigenvalue weighted by Crippen LogP contribution is 2.37. The molecule has 2 atom stereocenters. The summed E-state index contributed by atoms with van der Waals surface area (Å²) in [6.07, 6.45) is 0.741. The fourth-order valence-corrected chi connectivity index (χ4v) is 3.36. The van der Waals surface area contributed by atoms with Crippen LogP contribution < -0.4 is 14.8 Å². The maximum atomic E-state index is 12.0. The first-order chi connectivity index (χ1) is 14.7. The number of hydrogen-bond acceptors (Lipinski definition) is 5. The van der Waals surface area contributed by atoms with E-state index in [1.54, 1.807) is 20.4 Å². The lowest BCUT2D eigenvalue weighted by molar-refractivity contribution is 0.132. The van der Waals surface area contributed by atoms with Gasteiger partial charge in [-0.1, -0.05) is 36.1 Å². The van der Waals surface area contributed by atoms with Crippen molar-refractivity contribution in [2.75, 3.05) is 14.2 Å². The highest BCUT2D eigenvalue weighted by atomic mass is 16.6. The van der Waals surface area contributed by atoms with E-state index in [4.69, 9.17) is 14.2 Å². The normalized spacial score (nSPS) is 17.3. The zero-order valence-electron chi connectivity index (χ0n) is 16.6. The van der Waals surface area contributed by atoms with E-state index in [0.29, 0.717) is 17.2 Å². The molecule has 3 aromatic rings. The maximum absolute atomic E-state index is 12.0. The Hall–Kier alpha value is -3.98. The molecule has 1 saturated heterocycles. The molecule has 6 nitrogen and oxygen atoms in total. The van der Waals surface area contributed by atoms with Gasteiger partial charge in [-0.3, -0.25) is 0 Å². The molecule has 4 rings (SSSR count). The summed E-state index contributed by atoms with van der Waals surface area (Å²) < 4.78 is 16.1. The number of nitrogens with zero attached hydrogens (tertiary/aromatic N) is 1. The van der Waals surface area contributed by atoms with Crippen LogP contribution in [-0.2, 0) is 4.74 Å². The van der Waals surface area contributed by atoms with Crippen LogP contribution in [0.25, 0.3) is 0 Å². The number of ether oxygens (including phenoxy) is 3. The number of carbonyl (C=O) groups is 1. The Bertz CT molecular complexity index is 1130. The molecule has 0 bridgehead atoms. The molecule has 30 heavy (non-hydrogen) atoms. The summed E-state index contributed by atoms with van der Waals surface area (Å²) in [5.41, 5.74) is 3.27. The Kier molecular flexibility index (Phi) is 5.53. The van der Waals surface area contributed by atoms with Gasteiger partial charge in [-0.2, -0.15) is 0 Å². The van der Waals surface area contributed by atoms with Gasteiger partial charge in [0, 0.05) is 11.8 Å². The summed E-state index contributed by atoms with van der Waals surface area (Å²) in [6.45, 7) is 0. The maximum Gasteiger partial charge on any atom is 0.408 e. The van der Waals surface area contributed by atoms with E-state index >= 15 is 0 Å². The Balaban J connectivity index is 1.64. The minimum atomic E-state index is -0.464. The number of rotatable bonds is 4. The van der Waals surface area contributed by atoms with Crippen LogP contribution in [0.15, 0.2) is 66.9 Å². The zero-order chi connectivity index (χ0) is 20.9. The topological polar surface area (TPSA) is 69.7 Å². The molecule has 0 unspecified atom stereocenters. The van der Waals surface area contributed by atoms with Gasteiger partial charge in [0.15, 0.2) is 6.10 Å². The van der Waals surface area contributed by atoms with E-state index in [0.717, 1.165) is 16.7 Å². The predicted molar refractivity (Wildman–Crippen MR) is 111 cm³/mol. The molecule has 1 aliphatic rings. The lowest BCUT2D eigenvalue weighted by atomic mass is 9.95. The molecular weight excluding hydrogens is 380 g/mol. The van der Waals surface area contributed by atoms with Crippen molar-refractivity contribution in [1.82, 2.24) is 10.3 Å². The third kappa shape index (κ3) is 4.06. The van der Waals surface area contributed by atoms with Crippen LogP contribution in [0.1, 0.15) is 34.4 Å². The van der Waals surface area contributed by atoms with Crippen LogP contribution >= 0.6 is 0 Å². The van der Waals surface area contributed by atoms with Crippen LogP contribution in [0.3, 0.4) is 0 Å². The van der Waals surface area contributed by atoms with Crippen molar-refractivity contribution in [3.63, 3.8) is 0 Å². The van der Waals surface area contributed by atoms with E-state index in [9.17, 15) is 4.79 Å². The van der Waals surface area contributed by atoms with Crippen molar-refractivity contribution in [3.05, 3.63) is 89.1 Å². The number of pyridine rings is 1. The average molecular weight is 400 g/mol. The van der Waals surface area contributed by atoms with Crippen LogP contribution in [0.5, 0.6) is 11.6 Å². The summed E-state index contributed by atoms with van der Waals surface area (Å²) in [4.78, 5) is 16.2. The highest BCUT2D eigenvalue weighted by Gasteiger charge is 2.36. The predicted octanol–water partition coefficient (Wildman–Crippen LogP) is 4.02. The number of benzene rings is 2. The molecule has 2 aromatic carbocycles. The van der Waals surface area contributed by atoms with Gasteiger partial charge in [-0.15, -0.1) is 0 Å². The van der Waals surface area contributed by atoms with E-state index in [2.05, 4.69) is 22.1 Å². The number of methoxy groups -OCH3 is 2. The molecule has 0 saturated carbocycles. The van der Waals surface area contributed by atoms with Crippen LogP contribution in [0, 0.1) is 11.8 Å². The zero-order valence-corrected chi connectivity index (χ0v) is 16.6. The number of nitrogens with one attached hydrogen (secondary N) is 1. The third-order valence-electron chi connectivity index (χ3n) is 4.78. The van der Waals surface area contributed by atoms with Crippen molar-refractivity contribution in [2.45, 2.75) is 12.1 Å². The van der Waals surface area contributed by atoms with E-state index in [1.807, 2.05) is 60.7 Å². The monoisotopic (exact) mass is 400 g/mol. The standard InChI is InChI=1S/C24H20N2O4/c1-28-20-10-4-8-19(15-20)22-21(26-24(27)30-22)18-7-3-6-16(14-18)11-12-17-9-5-13-25-23(17)29-2/h3-10,13-15,21-22H,1-2H3,(H,26,27)/t21-,22-/m1/s1. The molecule has 6 heteroatoms. The summed E-state index contributed by atoms with van der Waals surface area (Å²) in [5.74, 6) is 7.42. The fourth-order valence-electron chi connectivity index (χ4n) is 3.36. The summed E-state index contributed by atoms with van der Waals surface area (Å²) in [5, 5.41) is 2.90. The Morgan fingerprint density at radius 2 is 1.80 bits per heavy atom. The van der Waals surface area contributed by atoms with Crippen molar-refractivity contribution >= 4 is 6.09 Å². The second-order valence-corrected chi connectivity index (χ2v) is 6.66. The smallest absolute Gasteiger partial charge is 0.408 e. The Morgan fingerprint density at radius 1 is 0.967 bits per heavy atom. The van der Waals surface area contributed by atoms with Crippen LogP contribution in [0.2, 0.25) is 0 Å².